The first-order chi connectivity index (χ1) is 9.89. The molecule has 130 valence electrons. The summed E-state index contributed by atoms with van der Waals surface area (Å²) in [4.78, 5) is 12.1. The molecular weight excluding hydrogens is 292 g/mol. The van der Waals surface area contributed by atoms with Crippen LogP contribution in [0.15, 0.2) is 12.2 Å². The zero-order valence-electron chi connectivity index (χ0n) is 16.1. The Balaban J connectivity index is 4.99. The van der Waals surface area contributed by atoms with Crippen molar-refractivity contribution in [3.8, 4) is 0 Å². The minimum absolute atomic E-state index is 0.00602. The molecular formula is C18H36O3Si. The first kappa shape index (κ1) is 21.4. The van der Waals surface area contributed by atoms with Crippen LogP contribution in [-0.2, 0) is 14.0 Å². The molecule has 0 radical (unpaired) electrons. The van der Waals surface area contributed by atoms with E-state index in [-0.39, 0.29) is 17.1 Å². The average Bonchev–Trinajstić information content (AvgIpc) is 2.40. The minimum atomic E-state index is -1.79. The Morgan fingerprint density at radius 2 is 1.77 bits per heavy atom. The highest BCUT2D eigenvalue weighted by molar-refractivity contribution is 6.74. The van der Waals surface area contributed by atoms with Crippen LogP contribution in [0.2, 0.25) is 18.1 Å². The van der Waals surface area contributed by atoms with Gasteiger partial charge in [0.15, 0.2) is 8.32 Å². The van der Waals surface area contributed by atoms with Crippen LogP contribution in [0.25, 0.3) is 0 Å². The summed E-state index contributed by atoms with van der Waals surface area (Å²) in [7, 11) is -0.338. The molecule has 2 atom stereocenters. The van der Waals surface area contributed by atoms with Crippen LogP contribution >= 0.6 is 0 Å². The number of hydrogen-bond acceptors (Lipinski definition) is 3. The van der Waals surface area contributed by atoms with Gasteiger partial charge in [0.25, 0.3) is 0 Å². The fourth-order valence-corrected chi connectivity index (χ4v) is 3.42. The molecule has 0 aromatic rings. The van der Waals surface area contributed by atoms with Crippen LogP contribution in [0, 0.1) is 5.41 Å². The summed E-state index contributed by atoms with van der Waals surface area (Å²) in [6.07, 6.45) is 6.88. The second-order valence-electron chi connectivity index (χ2n) is 7.95. The molecule has 0 aliphatic rings. The molecule has 0 aliphatic heterocycles. The van der Waals surface area contributed by atoms with Gasteiger partial charge in [-0.3, -0.25) is 4.79 Å². The first-order valence-electron chi connectivity index (χ1n) is 8.35. The van der Waals surface area contributed by atoms with Gasteiger partial charge in [0.1, 0.15) is 0 Å². The van der Waals surface area contributed by atoms with Crippen molar-refractivity contribution >= 4 is 14.3 Å². The lowest BCUT2D eigenvalue weighted by Gasteiger charge is -2.38. The molecule has 0 saturated carbocycles. The third kappa shape index (κ3) is 6.25. The molecule has 0 rings (SSSR count). The largest absolute Gasteiger partial charge is 0.468 e. The summed E-state index contributed by atoms with van der Waals surface area (Å²) in [6.45, 7) is 17.3. The van der Waals surface area contributed by atoms with Crippen molar-refractivity contribution in [3.63, 3.8) is 0 Å². The Bertz CT molecular complexity index is 382. The molecule has 0 aliphatic carbocycles. The molecule has 0 amide bonds. The van der Waals surface area contributed by atoms with Crippen molar-refractivity contribution in [3.05, 3.63) is 12.2 Å². The maximum absolute atomic E-state index is 12.1. The van der Waals surface area contributed by atoms with Crippen LogP contribution < -0.4 is 0 Å². The highest BCUT2D eigenvalue weighted by Gasteiger charge is 2.38. The molecule has 0 aromatic carbocycles. The van der Waals surface area contributed by atoms with Gasteiger partial charge in [-0.1, -0.05) is 52.7 Å². The third-order valence-corrected chi connectivity index (χ3v) is 9.30. The first-order valence-corrected chi connectivity index (χ1v) is 11.3. The number of esters is 1. The Labute approximate surface area is 138 Å². The Kier molecular flexibility index (Phi) is 8.07. The summed E-state index contributed by atoms with van der Waals surface area (Å²) in [6, 6.07) is 0. The maximum atomic E-state index is 12.1. The number of carbonyl (C=O) groups excluding carboxylic acids is 1. The fraction of sp³-hybridized carbons (Fsp3) is 0.833. The number of hydrogen-bond donors (Lipinski definition) is 0. The van der Waals surface area contributed by atoms with E-state index in [1.807, 2.05) is 19.1 Å². The molecule has 0 N–H and O–H groups in total. The molecule has 22 heavy (non-hydrogen) atoms. The fourth-order valence-electron chi connectivity index (χ4n) is 2.06. The van der Waals surface area contributed by atoms with Gasteiger partial charge < -0.3 is 9.16 Å². The van der Waals surface area contributed by atoms with Crippen LogP contribution in [0.5, 0.6) is 0 Å². The van der Waals surface area contributed by atoms with E-state index in [0.29, 0.717) is 0 Å². The van der Waals surface area contributed by atoms with Crippen molar-refractivity contribution in [2.45, 2.75) is 85.0 Å². The third-order valence-electron chi connectivity index (χ3n) is 4.72. The van der Waals surface area contributed by atoms with Gasteiger partial charge in [0, 0.05) is 0 Å². The second kappa shape index (κ2) is 8.30. The van der Waals surface area contributed by atoms with Crippen molar-refractivity contribution < 1.29 is 14.0 Å². The smallest absolute Gasteiger partial charge is 0.315 e. The van der Waals surface area contributed by atoms with Crippen LogP contribution in [0.4, 0.5) is 0 Å². The molecule has 0 aromatic heterocycles. The predicted octanol–water partition coefficient (Wildman–Crippen LogP) is 5.32. The summed E-state index contributed by atoms with van der Waals surface area (Å²) < 4.78 is 11.3. The van der Waals surface area contributed by atoms with Crippen molar-refractivity contribution in [1.82, 2.24) is 0 Å². The normalized spacial score (nSPS) is 17.3. The SMILES string of the molecule is CCCCC(C)(/C=C/C(C)O[Si](C)(C)C(C)(C)C)C(=O)OC. The van der Waals surface area contributed by atoms with E-state index in [4.69, 9.17) is 9.16 Å². The zero-order valence-corrected chi connectivity index (χ0v) is 17.1. The lowest BCUT2D eigenvalue weighted by Crippen LogP contribution is -2.43. The van der Waals surface area contributed by atoms with Crippen LogP contribution in [-0.4, -0.2) is 27.5 Å². The van der Waals surface area contributed by atoms with E-state index < -0.39 is 13.7 Å². The molecule has 0 fully saturated rings. The quantitative estimate of drug-likeness (QED) is 0.343. The predicted molar refractivity (Wildman–Crippen MR) is 96.5 cm³/mol. The van der Waals surface area contributed by atoms with Gasteiger partial charge >= 0.3 is 5.97 Å². The Morgan fingerprint density at radius 1 is 1.23 bits per heavy atom. The lowest BCUT2D eigenvalue weighted by atomic mass is 9.84. The summed E-state index contributed by atoms with van der Waals surface area (Å²) in [5.41, 5.74) is -0.560. The molecule has 4 heteroatoms. The van der Waals surface area contributed by atoms with E-state index in [0.717, 1.165) is 19.3 Å². The number of unbranched alkanes of at least 4 members (excludes halogenated alkanes) is 1. The number of rotatable bonds is 8. The Hall–Kier alpha value is -0.613. The molecule has 2 unspecified atom stereocenters. The van der Waals surface area contributed by atoms with Crippen molar-refractivity contribution in [2.24, 2.45) is 5.41 Å². The summed E-state index contributed by atoms with van der Waals surface area (Å²) in [5, 5.41) is 0.183. The van der Waals surface area contributed by atoms with Crippen molar-refractivity contribution in [1.29, 1.82) is 0 Å². The topological polar surface area (TPSA) is 35.5 Å². The standard InChI is InChI=1S/C18H36O3Si/c1-10-11-13-18(6,16(19)20-7)14-12-15(2)21-22(8,9)17(3,4)5/h12,14-15H,10-11,13H2,1-9H3/b14-12+. The van der Waals surface area contributed by atoms with E-state index in [1.54, 1.807) is 0 Å². The number of carbonyl (C=O) groups is 1. The van der Waals surface area contributed by atoms with E-state index in [1.165, 1.54) is 7.11 Å². The Morgan fingerprint density at radius 3 is 2.18 bits per heavy atom. The lowest BCUT2D eigenvalue weighted by molar-refractivity contribution is -0.149. The van der Waals surface area contributed by atoms with Crippen LogP contribution in [0.3, 0.4) is 0 Å². The highest BCUT2D eigenvalue weighted by atomic mass is 28.4. The second-order valence-corrected chi connectivity index (χ2v) is 12.7. The molecule has 3 nitrogen and oxygen atoms in total. The van der Waals surface area contributed by atoms with E-state index in [9.17, 15) is 4.79 Å². The van der Waals surface area contributed by atoms with Gasteiger partial charge in [-0.2, -0.15) is 0 Å². The molecule has 0 heterocycles. The van der Waals surface area contributed by atoms with Gasteiger partial charge in [0.2, 0.25) is 0 Å². The molecule has 0 saturated heterocycles. The average molecular weight is 329 g/mol. The molecule has 0 bridgehead atoms. The van der Waals surface area contributed by atoms with Crippen LogP contribution in [0.1, 0.15) is 60.8 Å². The van der Waals surface area contributed by atoms with Crippen molar-refractivity contribution in [2.75, 3.05) is 7.11 Å². The molecule has 0 spiro atoms. The van der Waals surface area contributed by atoms with Gasteiger partial charge in [-0.05, 0) is 38.4 Å². The highest BCUT2D eigenvalue weighted by Crippen LogP contribution is 2.37. The minimum Gasteiger partial charge on any atom is -0.468 e. The zero-order chi connectivity index (χ0) is 17.6. The van der Waals surface area contributed by atoms with Gasteiger partial charge in [-0.15, -0.1) is 0 Å². The van der Waals surface area contributed by atoms with Gasteiger partial charge in [0.05, 0.1) is 18.6 Å². The number of ether oxygens (including phenoxy) is 1. The summed E-state index contributed by atoms with van der Waals surface area (Å²) >= 11 is 0. The van der Waals surface area contributed by atoms with E-state index in [2.05, 4.69) is 47.7 Å². The number of methoxy groups -OCH3 is 1. The maximum Gasteiger partial charge on any atom is 0.315 e. The summed E-state index contributed by atoms with van der Waals surface area (Å²) in [5.74, 6) is -0.170. The monoisotopic (exact) mass is 328 g/mol. The van der Waals surface area contributed by atoms with E-state index >= 15 is 0 Å². The van der Waals surface area contributed by atoms with Gasteiger partial charge in [-0.25, -0.2) is 0 Å².